The van der Waals surface area contributed by atoms with Crippen molar-refractivity contribution < 1.29 is 5.11 Å². The average molecular weight is 351 g/mol. The van der Waals surface area contributed by atoms with Crippen molar-refractivity contribution in [3.8, 4) is 16.9 Å². The molecule has 0 saturated carbocycles. The molecular weight excluding hydrogens is 330 g/mol. The van der Waals surface area contributed by atoms with Crippen LogP contribution in [0.3, 0.4) is 0 Å². The first-order valence-corrected chi connectivity index (χ1v) is 9.57. The Morgan fingerprint density at radius 3 is 2.11 bits per heavy atom. The first-order valence-electron chi connectivity index (χ1n) is 9.57. The summed E-state index contributed by atoms with van der Waals surface area (Å²) in [7, 11) is 0. The van der Waals surface area contributed by atoms with Crippen molar-refractivity contribution >= 4 is 10.9 Å². The molecule has 1 aliphatic rings. The fourth-order valence-electron chi connectivity index (χ4n) is 4.34. The van der Waals surface area contributed by atoms with Gasteiger partial charge in [0.2, 0.25) is 0 Å². The molecule has 0 aliphatic heterocycles. The summed E-state index contributed by atoms with van der Waals surface area (Å²) in [5, 5.41) is 11.8. The van der Waals surface area contributed by atoms with Crippen LogP contribution in [0.1, 0.15) is 41.6 Å². The summed E-state index contributed by atoms with van der Waals surface area (Å²) in [5.74, 6) is 0.437. The highest BCUT2D eigenvalue weighted by atomic mass is 16.3. The molecule has 2 heteroatoms. The number of hydrogen-bond acceptors (Lipinski definition) is 2. The third-order valence-electron chi connectivity index (χ3n) is 5.59. The minimum Gasteiger partial charge on any atom is -0.505 e. The molecule has 1 N–H and O–H groups in total. The Kier molecular flexibility index (Phi) is 3.71. The average Bonchev–Trinajstić information content (AvgIpc) is 3.05. The number of aryl methyl sites for hydroxylation is 1. The van der Waals surface area contributed by atoms with Gasteiger partial charge in [-0.25, -0.2) is 4.98 Å². The lowest BCUT2D eigenvalue weighted by atomic mass is 9.92. The van der Waals surface area contributed by atoms with E-state index in [9.17, 15) is 5.11 Å². The van der Waals surface area contributed by atoms with Crippen molar-refractivity contribution in [2.24, 2.45) is 0 Å². The zero-order valence-electron chi connectivity index (χ0n) is 15.3. The van der Waals surface area contributed by atoms with E-state index in [1.165, 1.54) is 22.3 Å². The maximum Gasteiger partial charge on any atom is 0.144 e. The van der Waals surface area contributed by atoms with E-state index >= 15 is 0 Å². The molecule has 5 rings (SSSR count). The van der Waals surface area contributed by atoms with Crippen molar-refractivity contribution in [2.75, 3.05) is 0 Å². The number of phenols is 1. The molecule has 0 spiro atoms. The van der Waals surface area contributed by atoms with Crippen LogP contribution in [0.4, 0.5) is 0 Å². The number of rotatable bonds is 3. The quantitative estimate of drug-likeness (QED) is 0.429. The molecule has 27 heavy (non-hydrogen) atoms. The number of fused-ring (bicyclic) bond motifs is 4. The van der Waals surface area contributed by atoms with Gasteiger partial charge in [-0.15, -0.1) is 0 Å². The maximum absolute atomic E-state index is 10.8. The summed E-state index contributed by atoms with van der Waals surface area (Å²) in [6.07, 6.45) is 1.87. The number of nitrogens with zero attached hydrogens (tertiary/aromatic N) is 1. The molecule has 1 aliphatic carbocycles. The molecule has 0 atom stereocenters. The van der Waals surface area contributed by atoms with Crippen LogP contribution < -0.4 is 0 Å². The minimum atomic E-state index is 0.107. The monoisotopic (exact) mass is 351 g/mol. The van der Waals surface area contributed by atoms with E-state index in [-0.39, 0.29) is 5.92 Å². The van der Waals surface area contributed by atoms with E-state index in [1.807, 2.05) is 6.07 Å². The summed E-state index contributed by atoms with van der Waals surface area (Å²) < 4.78 is 0. The number of aromatic hydroxyl groups is 1. The number of hydrogen-bond donors (Lipinski definition) is 1. The van der Waals surface area contributed by atoms with Gasteiger partial charge in [-0.3, -0.25) is 0 Å². The summed E-state index contributed by atoms with van der Waals surface area (Å²) in [6.45, 7) is 2.12. The van der Waals surface area contributed by atoms with Gasteiger partial charge in [-0.2, -0.15) is 0 Å². The van der Waals surface area contributed by atoms with Gasteiger partial charge in [0.05, 0.1) is 11.6 Å². The van der Waals surface area contributed by atoms with Gasteiger partial charge in [0.15, 0.2) is 0 Å². The van der Waals surface area contributed by atoms with Crippen molar-refractivity contribution in [2.45, 2.75) is 25.7 Å². The lowest BCUT2D eigenvalue weighted by molar-refractivity contribution is 0.472. The van der Waals surface area contributed by atoms with Gasteiger partial charge in [0.1, 0.15) is 11.3 Å². The van der Waals surface area contributed by atoms with Crippen LogP contribution in [-0.2, 0) is 6.42 Å². The topological polar surface area (TPSA) is 33.1 Å². The van der Waals surface area contributed by atoms with Crippen molar-refractivity contribution in [1.29, 1.82) is 0 Å². The second-order valence-electron chi connectivity index (χ2n) is 7.24. The number of phenolic OH excluding ortho intramolecular Hbond substituents is 1. The van der Waals surface area contributed by atoms with Crippen LogP contribution in [0.5, 0.6) is 5.75 Å². The predicted molar refractivity (Wildman–Crippen MR) is 110 cm³/mol. The summed E-state index contributed by atoms with van der Waals surface area (Å²) in [6, 6.07) is 25.4. The second kappa shape index (κ2) is 6.24. The van der Waals surface area contributed by atoms with Crippen molar-refractivity contribution in [1.82, 2.24) is 4.98 Å². The molecule has 132 valence electrons. The highest BCUT2D eigenvalue weighted by molar-refractivity contribution is 5.87. The first-order chi connectivity index (χ1) is 13.3. The van der Waals surface area contributed by atoms with Crippen LogP contribution in [0.2, 0.25) is 0 Å². The van der Waals surface area contributed by atoms with Crippen LogP contribution in [0.25, 0.3) is 22.0 Å². The molecule has 1 aromatic heterocycles. The van der Waals surface area contributed by atoms with Gasteiger partial charge in [0.25, 0.3) is 0 Å². The molecule has 0 radical (unpaired) electrons. The smallest absolute Gasteiger partial charge is 0.144 e. The zero-order valence-corrected chi connectivity index (χ0v) is 15.3. The van der Waals surface area contributed by atoms with E-state index in [0.717, 1.165) is 29.5 Å². The molecule has 1 heterocycles. The lowest BCUT2D eigenvalue weighted by Gasteiger charge is -2.15. The first kappa shape index (κ1) is 16.1. The van der Waals surface area contributed by atoms with Gasteiger partial charge in [0, 0.05) is 5.39 Å². The van der Waals surface area contributed by atoms with Crippen LogP contribution in [0, 0.1) is 0 Å². The third kappa shape index (κ3) is 2.44. The Balaban J connectivity index is 1.73. The van der Waals surface area contributed by atoms with Crippen LogP contribution in [-0.4, -0.2) is 10.1 Å². The molecule has 0 saturated heterocycles. The largest absolute Gasteiger partial charge is 0.505 e. The molecule has 4 aromatic rings. The molecule has 2 nitrogen and oxygen atoms in total. The standard InChI is InChI=1S/C25H21NO/c1-2-7-17-13-12-16-14-15-22(26-24(16)25(17)27)23-20-10-5-3-8-18(20)19-9-4-6-11-21(19)23/h3-6,8-15,23,27H,2,7H2,1H3. The summed E-state index contributed by atoms with van der Waals surface area (Å²) in [5.41, 5.74) is 7.81. The Bertz CT molecular complexity index is 1120. The van der Waals surface area contributed by atoms with Crippen LogP contribution in [0.15, 0.2) is 72.8 Å². The number of aromatic nitrogens is 1. The molecule has 0 unspecified atom stereocenters. The minimum absolute atomic E-state index is 0.107. The van der Waals surface area contributed by atoms with E-state index < -0.39 is 0 Å². The van der Waals surface area contributed by atoms with E-state index in [4.69, 9.17) is 4.98 Å². The highest BCUT2D eigenvalue weighted by Crippen LogP contribution is 2.47. The lowest BCUT2D eigenvalue weighted by Crippen LogP contribution is -2.02. The SMILES string of the molecule is CCCc1ccc2ccc(C3c4ccccc4-c4ccccc43)nc2c1O. The van der Waals surface area contributed by atoms with E-state index in [2.05, 4.69) is 73.7 Å². The molecule has 0 bridgehead atoms. The second-order valence-corrected chi connectivity index (χ2v) is 7.24. The van der Waals surface area contributed by atoms with Gasteiger partial charge in [-0.1, -0.05) is 80.1 Å². The number of pyridine rings is 1. The summed E-state index contributed by atoms with van der Waals surface area (Å²) in [4.78, 5) is 4.95. The van der Waals surface area contributed by atoms with E-state index in [0.29, 0.717) is 11.3 Å². The fourth-order valence-corrected chi connectivity index (χ4v) is 4.34. The maximum atomic E-state index is 10.8. The Morgan fingerprint density at radius 2 is 1.44 bits per heavy atom. The van der Waals surface area contributed by atoms with Crippen molar-refractivity contribution in [3.05, 3.63) is 95.2 Å². The predicted octanol–water partition coefficient (Wildman–Crippen LogP) is 6.05. The fraction of sp³-hybridized carbons (Fsp3) is 0.160. The molecule has 0 fully saturated rings. The van der Waals surface area contributed by atoms with E-state index in [1.54, 1.807) is 0 Å². The van der Waals surface area contributed by atoms with Gasteiger partial charge < -0.3 is 5.11 Å². The Labute approximate surface area is 159 Å². The van der Waals surface area contributed by atoms with Gasteiger partial charge in [-0.05, 0) is 40.3 Å². The zero-order chi connectivity index (χ0) is 18.4. The summed E-state index contributed by atoms with van der Waals surface area (Å²) >= 11 is 0. The number of benzene rings is 3. The normalized spacial score (nSPS) is 12.9. The third-order valence-corrected chi connectivity index (χ3v) is 5.59. The van der Waals surface area contributed by atoms with Crippen molar-refractivity contribution in [3.63, 3.8) is 0 Å². The highest BCUT2D eigenvalue weighted by Gasteiger charge is 2.30. The Hall–Kier alpha value is -3.13. The molecule has 0 amide bonds. The van der Waals surface area contributed by atoms with Crippen LogP contribution >= 0.6 is 0 Å². The molecular formula is C25H21NO. The molecule has 3 aromatic carbocycles. The Morgan fingerprint density at radius 1 is 0.815 bits per heavy atom. The van der Waals surface area contributed by atoms with Gasteiger partial charge >= 0.3 is 0 Å².